The number of carbonyl (C=O) groups is 1. The number of carbonyl (C=O) groups excluding carboxylic acids is 1. The van der Waals surface area contributed by atoms with Crippen LogP contribution in [0.4, 0.5) is 0 Å². The highest BCUT2D eigenvalue weighted by molar-refractivity contribution is 5.72. The lowest BCUT2D eigenvalue weighted by atomic mass is 10.0. The molecular weight excluding hydrogens is 124 g/mol. The minimum Gasteiger partial charge on any atom is -0.289 e. The summed E-state index contributed by atoms with van der Waals surface area (Å²) in [5.74, 6) is 5.78. The molecule has 0 aromatic carbocycles. The molecule has 1 unspecified atom stereocenters. The van der Waals surface area contributed by atoms with Gasteiger partial charge in [-0.2, -0.15) is 0 Å². The van der Waals surface area contributed by atoms with E-state index in [0.29, 0.717) is 12.2 Å². The zero-order chi connectivity index (χ0) is 7.82. The minimum atomic E-state index is 0.426. The number of rotatable bonds is 3. The van der Waals surface area contributed by atoms with Gasteiger partial charge in [-0.25, -0.2) is 0 Å². The van der Waals surface area contributed by atoms with Crippen molar-refractivity contribution in [3.8, 4) is 11.8 Å². The van der Waals surface area contributed by atoms with Crippen molar-refractivity contribution in [1.29, 1.82) is 0 Å². The molecule has 10 heavy (non-hydrogen) atoms. The zero-order valence-corrected chi connectivity index (χ0v) is 6.68. The van der Waals surface area contributed by atoms with Gasteiger partial charge in [-0.3, -0.25) is 4.79 Å². The van der Waals surface area contributed by atoms with E-state index in [1.54, 1.807) is 0 Å². The molecule has 1 heteroatoms. The Morgan fingerprint density at radius 3 is 2.60 bits per heavy atom. The quantitative estimate of drug-likeness (QED) is 0.430. The lowest BCUT2D eigenvalue weighted by Gasteiger charge is -2.02. The second-order valence-corrected chi connectivity index (χ2v) is 2.30. The molecule has 1 atom stereocenters. The summed E-state index contributed by atoms with van der Waals surface area (Å²) in [4.78, 5) is 9.86. The maximum absolute atomic E-state index is 9.86. The highest BCUT2D eigenvalue weighted by Gasteiger charge is 1.97. The second-order valence-electron chi connectivity index (χ2n) is 2.30. The van der Waals surface area contributed by atoms with E-state index in [9.17, 15) is 4.79 Å². The number of aldehydes is 1. The van der Waals surface area contributed by atoms with Gasteiger partial charge in [0.05, 0.1) is 0 Å². The SMILES string of the molecule is CCCC(C#CC=O)CC. The second kappa shape index (κ2) is 6.35. The van der Waals surface area contributed by atoms with Gasteiger partial charge < -0.3 is 0 Å². The fourth-order valence-corrected chi connectivity index (χ4v) is 0.879. The molecule has 0 rings (SSSR count). The summed E-state index contributed by atoms with van der Waals surface area (Å²) < 4.78 is 0. The summed E-state index contributed by atoms with van der Waals surface area (Å²) in [5, 5.41) is 0. The summed E-state index contributed by atoms with van der Waals surface area (Å²) in [6.45, 7) is 4.23. The predicted octanol–water partition coefficient (Wildman–Crippen LogP) is 2.01. The molecule has 0 aliphatic carbocycles. The van der Waals surface area contributed by atoms with Gasteiger partial charge in [0.15, 0.2) is 6.29 Å². The van der Waals surface area contributed by atoms with Crippen molar-refractivity contribution in [2.45, 2.75) is 33.1 Å². The Morgan fingerprint density at radius 1 is 1.50 bits per heavy atom. The summed E-state index contributed by atoms with van der Waals surface area (Å²) in [6.07, 6.45) is 3.97. The first kappa shape index (κ1) is 9.23. The van der Waals surface area contributed by atoms with Gasteiger partial charge in [0, 0.05) is 5.92 Å². The summed E-state index contributed by atoms with van der Waals surface area (Å²) in [6, 6.07) is 0. The van der Waals surface area contributed by atoms with Crippen LogP contribution in [0.15, 0.2) is 0 Å². The van der Waals surface area contributed by atoms with Crippen molar-refractivity contribution in [3.05, 3.63) is 0 Å². The first-order chi connectivity index (χ1) is 4.85. The summed E-state index contributed by atoms with van der Waals surface area (Å²) >= 11 is 0. The first-order valence-electron chi connectivity index (χ1n) is 3.79. The fourth-order valence-electron chi connectivity index (χ4n) is 0.879. The molecule has 0 aromatic rings. The highest BCUT2D eigenvalue weighted by Crippen LogP contribution is 2.07. The van der Waals surface area contributed by atoms with Crippen molar-refractivity contribution < 1.29 is 4.79 Å². The fraction of sp³-hybridized carbons (Fsp3) is 0.667. The Balaban J connectivity index is 3.69. The lowest BCUT2D eigenvalue weighted by Crippen LogP contribution is -1.93. The third-order valence-electron chi connectivity index (χ3n) is 1.48. The molecule has 0 heterocycles. The molecule has 0 saturated heterocycles. The molecule has 0 aromatic heterocycles. The molecule has 0 bridgehead atoms. The smallest absolute Gasteiger partial charge is 0.192 e. The molecule has 0 saturated carbocycles. The van der Waals surface area contributed by atoms with E-state index in [2.05, 4.69) is 25.7 Å². The Bertz CT molecular complexity index is 139. The van der Waals surface area contributed by atoms with E-state index in [4.69, 9.17) is 0 Å². The van der Waals surface area contributed by atoms with E-state index in [0.717, 1.165) is 19.3 Å². The average Bonchev–Trinajstić information content (AvgIpc) is 1.98. The lowest BCUT2D eigenvalue weighted by molar-refractivity contribution is -0.103. The van der Waals surface area contributed by atoms with E-state index in [1.807, 2.05) is 0 Å². The van der Waals surface area contributed by atoms with Gasteiger partial charge in [0.25, 0.3) is 0 Å². The monoisotopic (exact) mass is 138 g/mol. The van der Waals surface area contributed by atoms with E-state index < -0.39 is 0 Å². The van der Waals surface area contributed by atoms with Crippen molar-refractivity contribution in [2.24, 2.45) is 5.92 Å². The zero-order valence-electron chi connectivity index (χ0n) is 6.68. The Hall–Kier alpha value is -0.770. The number of hydrogen-bond donors (Lipinski definition) is 0. The van der Waals surface area contributed by atoms with E-state index in [1.165, 1.54) is 0 Å². The standard InChI is InChI=1S/C9H14O/c1-3-6-9(4-2)7-5-8-10/h8-9H,3-4,6H2,1-2H3. The van der Waals surface area contributed by atoms with Crippen LogP contribution in [0, 0.1) is 17.8 Å². The Kier molecular flexibility index (Phi) is 5.86. The molecule has 56 valence electrons. The highest BCUT2D eigenvalue weighted by atomic mass is 16.1. The van der Waals surface area contributed by atoms with Gasteiger partial charge in [-0.15, -0.1) is 0 Å². The molecule has 0 aliphatic rings. The molecule has 0 spiro atoms. The van der Waals surface area contributed by atoms with Crippen LogP contribution in [0.3, 0.4) is 0 Å². The molecule has 0 N–H and O–H groups in total. The minimum absolute atomic E-state index is 0.426. The maximum atomic E-state index is 9.86. The molecular formula is C9H14O. The van der Waals surface area contributed by atoms with Crippen molar-refractivity contribution in [2.75, 3.05) is 0 Å². The third-order valence-corrected chi connectivity index (χ3v) is 1.48. The van der Waals surface area contributed by atoms with E-state index in [-0.39, 0.29) is 0 Å². The molecule has 0 radical (unpaired) electrons. The van der Waals surface area contributed by atoms with Gasteiger partial charge in [0.1, 0.15) is 0 Å². The summed E-state index contributed by atoms with van der Waals surface area (Å²) in [5.41, 5.74) is 0. The Labute approximate surface area is 62.8 Å². The van der Waals surface area contributed by atoms with Crippen LogP contribution < -0.4 is 0 Å². The van der Waals surface area contributed by atoms with Gasteiger partial charge in [0.2, 0.25) is 0 Å². The normalized spacial score (nSPS) is 11.4. The van der Waals surface area contributed by atoms with Crippen molar-refractivity contribution >= 4 is 6.29 Å². The van der Waals surface area contributed by atoms with Crippen LogP contribution >= 0.6 is 0 Å². The van der Waals surface area contributed by atoms with Crippen LogP contribution in [-0.4, -0.2) is 6.29 Å². The summed E-state index contributed by atoms with van der Waals surface area (Å²) in [7, 11) is 0. The van der Waals surface area contributed by atoms with Crippen molar-refractivity contribution in [3.63, 3.8) is 0 Å². The third kappa shape index (κ3) is 4.14. The largest absolute Gasteiger partial charge is 0.289 e. The van der Waals surface area contributed by atoms with Gasteiger partial charge in [-0.05, 0) is 18.8 Å². The maximum Gasteiger partial charge on any atom is 0.192 e. The van der Waals surface area contributed by atoms with E-state index >= 15 is 0 Å². The molecule has 0 aliphatic heterocycles. The van der Waals surface area contributed by atoms with Crippen molar-refractivity contribution in [1.82, 2.24) is 0 Å². The molecule has 0 amide bonds. The number of hydrogen-bond acceptors (Lipinski definition) is 1. The molecule has 1 nitrogen and oxygen atoms in total. The van der Waals surface area contributed by atoms with Gasteiger partial charge in [-0.1, -0.05) is 26.2 Å². The van der Waals surface area contributed by atoms with Gasteiger partial charge >= 0.3 is 0 Å². The van der Waals surface area contributed by atoms with Crippen LogP contribution in [0.5, 0.6) is 0 Å². The average molecular weight is 138 g/mol. The van der Waals surface area contributed by atoms with Crippen LogP contribution in [0.25, 0.3) is 0 Å². The topological polar surface area (TPSA) is 17.1 Å². The van der Waals surface area contributed by atoms with Crippen LogP contribution in [0.1, 0.15) is 33.1 Å². The predicted molar refractivity (Wildman–Crippen MR) is 42.5 cm³/mol. The first-order valence-corrected chi connectivity index (χ1v) is 3.79. The molecule has 0 fully saturated rings. The van der Waals surface area contributed by atoms with Crippen LogP contribution in [-0.2, 0) is 4.79 Å². The Morgan fingerprint density at radius 2 is 2.20 bits per heavy atom. The van der Waals surface area contributed by atoms with Crippen LogP contribution in [0.2, 0.25) is 0 Å².